The van der Waals surface area contributed by atoms with Crippen LogP contribution in [0.25, 0.3) is 16.2 Å². The summed E-state index contributed by atoms with van der Waals surface area (Å²) in [6, 6.07) is 5.36. The van der Waals surface area contributed by atoms with Crippen LogP contribution in [0.2, 0.25) is 0 Å². The Bertz CT molecular complexity index is 1230. The van der Waals surface area contributed by atoms with Gasteiger partial charge >= 0.3 is 0 Å². The highest BCUT2D eigenvalue weighted by Crippen LogP contribution is 2.16. The highest BCUT2D eigenvalue weighted by Gasteiger charge is 2.15. The molecule has 0 radical (unpaired) electrons. The van der Waals surface area contributed by atoms with E-state index in [1.807, 2.05) is 26.8 Å². The molecule has 0 aliphatic carbocycles. The zero-order chi connectivity index (χ0) is 19.8. The van der Waals surface area contributed by atoms with Gasteiger partial charge in [0.2, 0.25) is 5.91 Å². The maximum atomic E-state index is 12.6. The lowest BCUT2D eigenvalue weighted by atomic mass is 10.4. The van der Waals surface area contributed by atoms with E-state index in [9.17, 15) is 9.59 Å². The number of thiophene rings is 1. The van der Waals surface area contributed by atoms with Gasteiger partial charge in [-0.15, -0.1) is 11.3 Å². The van der Waals surface area contributed by atoms with E-state index in [2.05, 4.69) is 25.4 Å². The summed E-state index contributed by atoms with van der Waals surface area (Å²) in [6.45, 7) is 5.39. The third-order valence-corrected chi connectivity index (χ3v) is 4.90. The summed E-state index contributed by atoms with van der Waals surface area (Å²) in [5.41, 5.74) is 2.70. The molecule has 0 spiro atoms. The molecule has 0 unspecified atom stereocenters. The van der Waals surface area contributed by atoms with E-state index in [4.69, 9.17) is 0 Å². The van der Waals surface area contributed by atoms with Crippen molar-refractivity contribution < 1.29 is 4.79 Å². The lowest BCUT2D eigenvalue weighted by Crippen LogP contribution is -2.28. The van der Waals surface area contributed by atoms with Gasteiger partial charge in [-0.3, -0.25) is 14.2 Å². The minimum Gasteiger partial charge on any atom is -0.309 e. The second-order valence-corrected chi connectivity index (χ2v) is 7.31. The Morgan fingerprint density at radius 2 is 1.89 bits per heavy atom. The highest BCUT2D eigenvalue weighted by atomic mass is 32.1. The number of carbonyl (C=O) groups is 1. The first-order chi connectivity index (χ1) is 13.4. The van der Waals surface area contributed by atoms with Gasteiger partial charge in [-0.2, -0.15) is 9.78 Å². The number of carbonyl (C=O) groups excluding carboxylic acids is 1. The van der Waals surface area contributed by atoms with Crippen LogP contribution in [0.5, 0.6) is 0 Å². The third-order valence-electron chi connectivity index (χ3n) is 4.01. The number of rotatable bonds is 4. The van der Waals surface area contributed by atoms with Crippen molar-refractivity contribution in [1.29, 1.82) is 0 Å². The Hall–Kier alpha value is -3.40. The first kappa shape index (κ1) is 18.0. The molecular formula is C18H17N7O2S. The Labute approximate surface area is 163 Å². The maximum Gasteiger partial charge on any atom is 0.271 e. The van der Waals surface area contributed by atoms with Crippen molar-refractivity contribution in [2.45, 2.75) is 27.3 Å². The minimum absolute atomic E-state index is 0.155. The standard InChI is InChI=1S/C18H17N7O2S/c1-10-6-11(2)21-18(20-10)25-14(7-12(3)23-25)22-15(26)8-24-9-19-13-4-5-28-16(13)17(24)27/h4-7,9H,8H2,1-3H3,(H,22,26). The number of nitrogens with one attached hydrogen (secondary N) is 1. The van der Waals surface area contributed by atoms with Gasteiger partial charge in [-0.1, -0.05) is 0 Å². The van der Waals surface area contributed by atoms with E-state index in [0.29, 0.717) is 27.7 Å². The van der Waals surface area contributed by atoms with Gasteiger partial charge in [-0.25, -0.2) is 15.0 Å². The Morgan fingerprint density at radius 1 is 1.14 bits per heavy atom. The summed E-state index contributed by atoms with van der Waals surface area (Å²) in [6.07, 6.45) is 1.38. The zero-order valence-electron chi connectivity index (χ0n) is 15.5. The van der Waals surface area contributed by atoms with Gasteiger partial charge in [0, 0.05) is 17.5 Å². The SMILES string of the molecule is Cc1cc(C)nc(-n2nc(C)cc2NC(=O)Cn2cnc3ccsc3c2=O)n1. The van der Waals surface area contributed by atoms with Crippen molar-refractivity contribution in [1.82, 2.24) is 29.3 Å². The van der Waals surface area contributed by atoms with Crippen LogP contribution in [-0.4, -0.2) is 35.2 Å². The minimum atomic E-state index is -0.370. The van der Waals surface area contributed by atoms with E-state index >= 15 is 0 Å². The molecule has 4 heterocycles. The monoisotopic (exact) mass is 395 g/mol. The fraction of sp³-hybridized carbons (Fsp3) is 0.222. The number of aromatic nitrogens is 6. The van der Waals surface area contributed by atoms with Crippen LogP contribution >= 0.6 is 11.3 Å². The Kier molecular flexibility index (Phi) is 4.47. The molecule has 1 amide bonds. The lowest BCUT2D eigenvalue weighted by Gasteiger charge is -2.09. The predicted octanol–water partition coefficient (Wildman–Crippen LogP) is 2.00. The number of aryl methyl sites for hydroxylation is 3. The average Bonchev–Trinajstić information content (AvgIpc) is 3.23. The summed E-state index contributed by atoms with van der Waals surface area (Å²) in [5, 5.41) is 8.96. The van der Waals surface area contributed by atoms with Crippen molar-refractivity contribution in [2.75, 3.05) is 5.32 Å². The van der Waals surface area contributed by atoms with Crippen LogP contribution in [0, 0.1) is 20.8 Å². The number of hydrogen-bond donors (Lipinski definition) is 1. The van der Waals surface area contributed by atoms with Crippen LogP contribution < -0.4 is 10.9 Å². The van der Waals surface area contributed by atoms with Crippen LogP contribution in [-0.2, 0) is 11.3 Å². The van der Waals surface area contributed by atoms with Crippen molar-refractivity contribution in [3.8, 4) is 5.95 Å². The van der Waals surface area contributed by atoms with Gasteiger partial charge < -0.3 is 5.32 Å². The largest absolute Gasteiger partial charge is 0.309 e. The van der Waals surface area contributed by atoms with Crippen molar-refractivity contribution >= 4 is 33.3 Å². The molecule has 142 valence electrons. The second-order valence-electron chi connectivity index (χ2n) is 6.39. The average molecular weight is 395 g/mol. The second kappa shape index (κ2) is 6.97. The zero-order valence-corrected chi connectivity index (χ0v) is 16.3. The van der Waals surface area contributed by atoms with Gasteiger partial charge in [0.15, 0.2) is 0 Å². The quantitative estimate of drug-likeness (QED) is 0.566. The number of hydrogen-bond acceptors (Lipinski definition) is 7. The Morgan fingerprint density at radius 3 is 2.64 bits per heavy atom. The van der Waals surface area contributed by atoms with Crippen molar-refractivity contribution in [2.24, 2.45) is 0 Å². The van der Waals surface area contributed by atoms with Gasteiger partial charge in [0.05, 0.1) is 17.5 Å². The summed E-state index contributed by atoms with van der Waals surface area (Å²) >= 11 is 1.31. The lowest BCUT2D eigenvalue weighted by molar-refractivity contribution is -0.116. The van der Waals surface area contributed by atoms with Crippen molar-refractivity contribution in [3.63, 3.8) is 0 Å². The number of anilines is 1. The van der Waals surface area contributed by atoms with E-state index in [1.54, 1.807) is 17.5 Å². The highest BCUT2D eigenvalue weighted by molar-refractivity contribution is 7.17. The van der Waals surface area contributed by atoms with Crippen LogP contribution in [0.1, 0.15) is 17.1 Å². The smallest absolute Gasteiger partial charge is 0.271 e. The van der Waals surface area contributed by atoms with E-state index in [-0.39, 0.29) is 18.0 Å². The van der Waals surface area contributed by atoms with Gasteiger partial charge in [-0.05, 0) is 38.3 Å². The number of fused-ring (bicyclic) bond motifs is 1. The fourth-order valence-corrected chi connectivity index (χ4v) is 3.66. The predicted molar refractivity (Wildman–Crippen MR) is 106 cm³/mol. The van der Waals surface area contributed by atoms with E-state index in [0.717, 1.165) is 11.4 Å². The molecule has 10 heteroatoms. The summed E-state index contributed by atoms with van der Waals surface area (Å²) in [5.74, 6) is 0.441. The molecule has 0 saturated carbocycles. The topological polar surface area (TPSA) is 108 Å². The molecule has 0 fully saturated rings. The summed E-state index contributed by atoms with van der Waals surface area (Å²) in [4.78, 5) is 38.0. The van der Waals surface area contributed by atoms with E-state index < -0.39 is 0 Å². The molecule has 28 heavy (non-hydrogen) atoms. The molecule has 1 N–H and O–H groups in total. The van der Waals surface area contributed by atoms with Crippen LogP contribution in [0.4, 0.5) is 5.82 Å². The van der Waals surface area contributed by atoms with Gasteiger partial charge in [0.25, 0.3) is 11.5 Å². The van der Waals surface area contributed by atoms with Crippen molar-refractivity contribution in [3.05, 3.63) is 57.3 Å². The molecule has 0 saturated heterocycles. The number of amides is 1. The molecule has 0 aromatic carbocycles. The number of nitrogens with zero attached hydrogens (tertiary/aromatic N) is 6. The molecule has 0 atom stereocenters. The molecule has 0 bridgehead atoms. The summed E-state index contributed by atoms with van der Waals surface area (Å²) < 4.78 is 3.30. The molecule has 4 aromatic heterocycles. The van der Waals surface area contributed by atoms with Crippen LogP contribution in [0.3, 0.4) is 0 Å². The first-order valence-electron chi connectivity index (χ1n) is 8.52. The fourth-order valence-electron chi connectivity index (χ4n) is 2.87. The molecule has 0 aliphatic rings. The molecule has 4 rings (SSSR count). The molecule has 0 aliphatic heterocycles. The van der Waals surface area contributed by atoms with Gasteiger partial charge in [0.1, 0.15) is 17.1 Å². The first-order valence-corrected chi connectivity index (χ1v) is 9.40. The molecule has 9 nitrogen and oxygen atoms in total. The third kappa shape index (κ3) is 3.41. The summed E-state index contributed by atoms with van der Waals surface area (Å²) in [7, 11) is 0. The molecule has 4 aromatic rings. The van der Waals surface area contributed by atoms with Crippen LogP contribution in [0.15, 0.2) is 34.7 Å². The maximum absolute atomic E-state index is 12.6. The Balaban J connectivity index is 1.61. The normalized spacial score (nSPS) is 11.1. The van der Waals surface area contributed by atoms with E-state index in [1.165, 1.54) is 26.9 Å². The molecular weight excluding hydrogens is 378 g/mol.